The molecule has 0 aliphatic carbocycles. The summed E-state index contributed by atoms with van der Waals surface area (Å²) in [7, 11) is 2.65. The lowest BCUT2D eigenvalue weighted by molar-refractivity contribution is -0.172. The minimum atomic E-state index is -4.22. The van der Waals surface area contributed by atoms with Crippen LogP contribution >= 0.6 is 0 Å². The van der Waals surface area contributed by atoms with Gasteiger partial charge >= 0.3 is 6.18 Å². The lowest BCUT2D eigenvalue weighted by atomic mass is 10.0. The largest absolute Gasteiger partial charge is 0.389 e. The number of hydrogen-bond donors (Lipinski definition) is 0. The smallest absolute Gasteiger partial charge is 0.275 e. The number of hydrogen-bond acceptors (Lipinski definition) is 2. The number of alkyl halides is 3. The molecule has 0 rings (SSSR count). The maximum Gasteiger partial charge on any atom is 0.389 e. The van der Waals surface area contributed by atoms with Crippen LogP contribution in [0.2, 0.25) is 0 Å². The lowest BCUT2D eigenvalue weighted by Gasteiger charge is -2.17. The summed E-state index contributed by atoms with van der Waals surface area (Å²) in [4.78, 5) is 15.6. The number of hydroxylamine groups is 2. The monoisotopic (exact) mass is 213 g/mol. The molecule has 0 heterocycles. The van der Waals surface area contributed by atoms with Crippen LogP contribution in [0.4, 0.5) is 13.2 Å². The van der Waals surface area contributed by atoms with Crippen molar-refractivity contribution in [1.29, 1.82) is 0 Å². The van der Waals surface area contributed by atoms with E-state index in [1.165, 1.54) is 21.1 Å². The van der Waals surface area contributed by atoms with Crippen LogP contribution in [0.25, 0.3) is 0 Å². The van der Waals surface area contributed by atoms with Gasteiger partial charge in [0.1, 0.15) is 0 Å². The molecule has 14 heavy (non-hydrogen) atoms. The molecule has 0 N–H and O–H groups in total. The van der Waals surface area contributed by atoms with Crippen molar-refractivity contribution >= 4 is 5.91 Å². The van der Waals surface area contributed by atoms with E-state index in [2.05, 4.69) is 4.84 Å². The molecule has 1 unspecified atom stereocenters. The Bertz CT molecular complexity index is 194. The molecule has 3 nitrogen and oxygen atoms in total. The van der Waals surface area contributed by atoms with Crippen molar-refractivity contribution < 1.29 is 22.8 Å². The van der Waals surface area contributed by atoms with Gasteiger partial charge in [-0.1, -0.05) is 6.92 Å². The van der Waals surface area contributed by atoms with Crippen molar-refractivity contribution in [1.82, 2.24) is 5.06 Å². The third kappa shape index (κ3) is 5.80. The fourth-order valence-electron chi connectivity index (χ4n) is 0.996. The Balaban J connectivity index is 3.95. The van der Waals surface area contributed by atoms with E-state index in [0.29, 0.717) is 0 Å². The first-order valence-corrected chi connectivity index (χ1v) is 4.13. The van der Waals surface area contributed by atoms with Crippen molar-refractivity contribution in [3.05, 3.63) is 0 Å². The van der Waals surface area contributed by atoms with Gasteiger partial charge in [-0.2, -0.15) is 13.2 Å². The van der Waals surface area contributed by atoms with Crippen LogP contribution in [0.15, 0.2) is 0 Å². The normalized spacial score (nSPS) is 13.9. The van der Waals surface area contributed by atoms with Crippen LogP contribution in [-0.4, -0.2) is 31.3 Å². The van der Waals surface area contributed by atoms with Crippen molar-refractivity contribution in [2.24, 2.45) is 5.92 Å². The maximum atomic E-state index is 11.9. The molecule has 0 saturated heterocycles. The summed E-state index contributed by atoms with van der Waals surface area (Å²) in [5.74, 6) is -1.18. The maximum absolute atomic E-state index is 11.9. The van der Waals surface area contributed by atoms with E-state index in [1.54, 1.807) is 0 Å². The van der Waals surface area contributed by atoms with Gasteiger partial charge in [-0.3, -0.25) is 9.63 Å². The molecular formula is C8H14F3NO2. The van der Waals surface area contributed by atoms with Crippen molar-refractivity contribution in [3.8, 4) is 0 Å². The molecule has 0 aromatic carbocycles. The molecular weight excluding hydrogens is 199 g/mol. The first-order chi connectivity index (χ1) is 6.26. The van der Waals surface area contributed by atoms with E-state index in [-0.39, 0.29) is 6.42 Å². The van der Waals surface area contributed by atoms with Gasteiger partial charge in [-0.15, -0.1) is 0 Å². The molecule has 0 saturated carbocycles. The summed E-state index contributed by atoms with van der Waals surface area (Å²) in [6, 6.07) is 0. The second-order valence-corrected chi connectivity index (χ2v) is 3.20. The van der Waals surface area contributed by atoms with E-state index in [1.807, 2.05) is 0 Å². The minimum absolute atomic E-state index is 0.163. The molecule has 0 fully saturated rings. The first kappa shape index (κ1) is 13.2. The van der Waals surface area contributed by atoms with Crippen LogP contribution in [0.3, 0.4) is 0 Å². The van der Waals surface area contributed by atoms with Gasteiger partial charge in [0.2, 0.25) is 5.91 Å². The molecule has 84 valence electrons. The highest BCUT2D eigenvalue weighted by atomic mass is 19.4. The second-order valence-electron chi connectivity index (χ2n) is 3.20. The predicted molar refractivity (Wildman–Crippen MR) is 44.2 cm³/mol. The number of carbonyl (C=O) groups excluding carboxylic acids is 1. The predicted octanol–water partition coefficient (Wildman–Crippen LogP) is 1.98. The fourth-order valence-corrected chi connectivity index (χ4v) is 0.996. The third-order valence-corrected chi connectivity index (χ3v) is 1.73. The molecule has 1 amide bonds. The van der Waals surface area contributed by atoms with Gasteiger partial charge in [0.25, 0.3) is 0 Å². The third-order valence-electron chi connectivity index (χ3n) is 1.73. The molecule has 0 aliphatic heterocycles. The summed E-state index contributed by atoms with van der Waals surface area (Å²) in [5, 5.41) is 0.923. The van der Waals surface area contributed by atoms with Gasteiger partial charge < -0.3 is 0 Å². The molecule has 0 radical (unpaired) electrons. The Morgan fingerprint density at radius 2 is 2.00 bits per heavy atom. The van der Waals surface area contributed by atoms with Gasteiger partial charge in [0.05, 0.1) is 7.11 Å². The van der Waals surface area contributed by atoms with Crippen molar-refractivity contribution in [3.63, 3.8) is 0 Å². The van der Waals surface area contributed by atoms with Crippen LogP contribution in [0.1, 0.15) is 19.8 Å². The number of amides is 1. The van der Waals surface area contributed by atoms with Crippen LogP contribution in [0, 0.1) is 5.92 Å². The molecule has 6 heteroatoms. The Hall–Kier alpha value is -0.780. The average Bonchev–Trinajstić information content (AvgIpc) is 1.99. The number of nitrogens with zero attached hydrogens (tertiary/aromatic N) is 1. The Morgan fingerprint density at radius 3 is 2.36 bits per heavy atom. The van der Waals surface area contributed by atoms with Crippen LogP contribution < -0.4 is 0 Å². The van der Waals surface area contributed by atoms with Crippen LogP contribution in [0.5, 0.6) is 0 Å². The van der Waals surface area contributed by atoms with Crippen LogP contribution in [-0.2, 0) is 9.63 Å². The van der Waals surface area contributed by atoms with E-state index in [9.17, 15) is 18.0 Å². The lowest BCUT2D eigenvalue weighted by Crippen LogP contribution is -2.28. The molecule has 0 aliphatic rings. The summed E-state index contributed by atoms with van der Waals surface area (Å²) in [5.41, 5.74) is 0. The second kappa shape index (κ2) is 5.19. The zero-order chi connectivity index (χ0) is 11.4. The highest BCUT2D eigenvalue weighted by Crippen LogP contribution is 2.26. The number of halogens is 3. The standard InChI is InChI=1S/C8H14F3NO2/c1-6(5-8(9,10)11)4-7(13)12(2)14-3/h6H,4-5H2,1-3H3. The summed E-state index contributed by atoms with van der Waals surface area (Å²) < 4.78 is 35.6. The highest BCUT2D eigenvalue weighted by molar-refractivity contribution is 5.74. The summed E-state index contributed by atoms with van der Waals surface area (Å²) in [6.45, 7) is 1.38. The summed E-state index contributed by atoms with van der Waals surface area (Å²) >= 11 is 0. The minimum Gasteiger partial charge on any atom is -0.275 e. The first-order valence-electron chi connectivity index (χ1n) is 4.13. The fraction of sp³-hybridized carbons (Fsp3) is 0.875. The van der Waals surface area contributed by atoms with E-state index in [4.69, 9.17) is 0 Å². The molecule has 0 aromatic rings. The van der Waals surface area contributed by atoms with Crippen molar-refractivity contribution in [2.75, 3.05) is 14.2 Å². The van der Waals surface area contributed by atoms with E-state index >= 15 is 0 Å². The summed E-state index contributed by atoms with van der Waals surface area (Å²) in [6.07, 6.45) is -5.33. The van der Waals surface area contributed by atoms with Gasteiger partial charge in [-0.25, -0.2) is 5.06 Å². The van der Waals surface area contributed by atoms with Gasteiger partial charge in [-0.05, 0) is 5.92 Å². The molecule has 0 aromatic heterocycles. The SMILES string of the molecule is CON(C)C(=O)CC(C)CC(F)(F)F. The zero-order valence-electron chi connectivity index (χ0n) is 8.39. The molecule has 0 spiro atoms. The highest BCUT2D eigenvalue weighted by Gasteiger charge is 2.31. The molecule has 1 atom stereocenters. The van der Waals surface area contributed by atoms with Crippen molar-refractivity contribution in [2.45, 2.75) is 25.9 Å². The van der Waals surface area contributed by atoms with E-state index < -0.39 is 24.4 Å². The van der Waals surface area contributed by atoms with Gasteiger partial charge in [0.15, 0.2) is 0 Å². The number of rotatable bonds is 4. The molecule has 0 bridgehead atoms. The quantitative estimate of drug-likeness (QED) is 0.668. The Kier molecular flexibility index (Phi) is 4.90. The van der Waals surface area contributed by atoms with Gasteiger partial charge in [0, 0.05) is 19.9 Å². The number of carbonyl (C=O) groups is 1. The average molecular weight is 213 g/mol. The Morgan fingerprint density at radius 1 is 1.50 bits per heavy atom. The Labute approximate surface area is 80.8 Å². The topological polar surface area (TPSA) is 29.5 Å². The zero-order valence-corrected chi connectivity index (χ0v) is 8.39. The van der Waals surface area contributed by atoms with E-state index in [0.717, 1.165) is 5.06 Å².